The van der Waals surface area contributed by atoms with Gasteiger partial charge >= 0.3 is 5.97 Å². The van der Waals surface area contributed by atoms with Crippen molar-refractivity contribution >= 4 is 33.5 Å². The zero-order valence-electron chi connectivity index (χ0n) is 7.45. The maximum Gasteiger partial charge on any atom is 0.337 e. The van der Waals surface area contributed by atoms with Gasteiger partial charge in [0.2, 0.25) is 0 Å². The van der Waals surface area contributed by atoms with Gasteiger partial charge in [0, 0.05) is 4.47 Å². The van der Waals surface area contributed by atoms with Crippen molar-refractivity contribution in [3.05, 3.63) is 28.2 Å². The molecule has 0 bridgehead atoms. The number of terminal acetylenes is 1. The third kappa shape index (κ3) is 2.82. The van der Waals surface area contributed by atoms with E-state index in [2.05, 4.69) is 21.2 Å². The SMILES string of the molecule is C#CC(=O)Nc1ccc(Br)cc1C(=O)O. The van der Waals surface area contributed by atoms with Crippen LogP contribution in [0.2, 0.25) is 0 Å². The number of aromatic carboxylic acids is 1. The first-order valence-corrected chi connectivity index (χ1v) is 4.64. The van der Waals surface area contributed by atoms with Crippen LogP contribution in [-0.2, 0) is 4.79 Å². The Morgan fingerprint density at radius 3 is 2.67 bits per heavy atom. The summed E-state index contributed by atoms with van der Waals surface area (Å²) in [5.41, 5.74) is 0.154. The van der Waals surface area contributed by atoms with E-state index in [0.29, 0.717) is 4.47 Å². The van der Waals surface area contributed by atoms with Crippen LogP contribution in [0.1, 0.15) is 10.4 Å². The normalized spacial score (nSPS) is 9.07. The summed E-state index contributed by atoms with van der Waals surface area (Å²) in [5, 5.41) is 11.1. The van der Waals surface area contributed by atoms with Gasteiger partial charge in [-0.25, -0.2) is 4.79 Å². The van der Waals surface area contributed by atoms with E-state index in [1.165, 1.54) is 12.1 Å². The number of halogens is 1. The van der Waals surface area contributed by atoms with E-state index in [4.69, 9.17) is 11.5 Å². The molecule has 4 nitrogen and oxygen atoms in total. The zero-order valence-corrected chi connectivity index (χ0v) is 9.04. The fourth-order valence-electron chi connectivity index (χ4n) is 0.961. The molecule has 0 aliphatic rings. The number of anilines is 1. The summed E-state index contributed by atoms with van der Waals surface area (Å²) >= 11 is 3.13. The van der Waals surface area contributed by atoms with Crippen molar-refractivity contribution < 1.29 is 14.7 Å². The highest BCUT2D eigenvalue weighted by molar-refractivity contribution is 9.10. The molecular weight excluding hydrogens is 262 g/mol. The van der Waals surface area contributed by atoms with Crippen LogP contribution in [0.5, 0.6) is 0 Å². The second kappa shape index (κ2) is 4.62. The largest absolute Gasteiger partial charge is 0.478 e. The minimum absolute atomic E-state index is 0.0204. The van der Waals surface area contributed by atoms with E-state index in [-0.39, 0.29) is 11.3 Å². The summed E-state index contributed by atoms with van der Waals surface area (Å²) in [5.74, 6) is 0.0233. The number of nitrogens with one attached hydrogen (secondary N) is 1. The molecule has 0 atom stereocenters. The third-order valence-corrected chi connectivity index (χ3v) is 2.08. The van der Waals surface area contributed by atoms with Gasteiger partial charge < -0.3 is 10.4 Å². The van der Waals surface area contributed by atoms with Crippen molar-refractivity contribution in [2.75, 3.05) is 5.32 Å². The predicted octanol–water partition coefficient (Wildman–Crippen LogP) is 1.72. The Labute approximate surface area is 94.4 Å². The minimum atomic E-state index is -1.14. The topological polar surface area (TPSA) is 66.4 Å². The molecule has 0 aromatic heterocycles. The summed E-state index contributed by atoms with van der Waals surface area (Å²) < 4.78 is 0.610. The average molecular weight is 268 g/mol. The van der Waals surface area contributed by atoms with Crippen LogP contribution >= 0.6 is 15.9 Å². The maximum absolute atomic E-state index is 10.9. The lowest BCUT2D eigenvalue weighted by Crippen LogP contribution is -2.12. The first kappa shape index (κ1) is 11.3. The number of rotatable bonds is 2. The van der Waals surface area contributed by atoms with Crippen LogP contribution in [0.4, 0.5) is 5.69 Å². The molecule has 0 saturated heterocycles. The number of carbonyl (C=O) groups is 2. The minimum Gasteiger partial charge on any atom is -0.478 e. The van der Waals surface area contributed by atoms with Crippen LogP contribution in [0, 0.1) is 12.3 Å². The Kier molecular flexibility index (Phi) is 3.47. The van der Waals surface area contributed by atoms with E-state index in [1.54, 1.807) is 6.07 Å². The van der Waals surface area contributed by atoms with Gasteiger partial charge in [0.05, 0.1) is 11.3 Å². The highest BCUT2D eigenvalue weighted by Gasteiger charge is 2.11. The van der Waals surface area contributed by atoms with Gasteiger partial charge in [-0.15, -0.1) is 6.42 Å². The van der Waals surface area contributed by atoms with Crippen LogP contribution in [0.3, 0.4) is 0 Å². The average Bonchev–Trinajstić information content (AvgIpc) is 2.20. The van der Waals surface area contributed by atoms with Gasteiger partial charge in [-0.3, -0.25) is 4.79 Å². The number of amides is 1. The summed E-state index contributed by atoms with van der Waals surface area (Å²) in [4.78, 5) is 21.7. The lowest BCUT2D eigenvalue weighted by molar-refractivity contribution is -0.111. The number of hydrogen-bond donors (Lipinski definition) is 2. The van der Waals surface area contributed by atoms with Crippen LogP contribution < -0.4 is 5.32 Å². The van der Waals surface area contributed by atoms with Crippen molar-refractivity contribution in [1.82, 2.24) is 0 Å². The predicted molar refractivity (Wildman–Crippen MR) is 58.6 cm³/mol. The summed E-state index contributed by atoms with van der Waals surface area (Å²) in [6.07, 6.45) is 4.86. The first-order valence-electron chi connectivity index (χ1n) is 3.85. The fraction of sp³-hybridized carbons (Fsp3) is 0. The molecule has 0 aliphatic carbocycles. The molecule has 1 aromatic carbocycles. The number of hydrogen-bond acceptors (Lipinski definition) is 2. The Bertz CT molecular complexity index is 462. The number of carboxylic acid groups (broad SMARTS) is 1. The highest BCUT2D eigenvalue weighted by Crippen LogP contribution is 2.20. The summed E-state index contributed by atoms with van der Waals surface area (Å²) in [6.45, 7) is 0. The van der Waals surface area contributed by atoms with E-state index in [0.717, 1.165) is 0 Å². The van der Waals surface area contributed by atoms with Crippen molar-refractivity contribution in [3.63, 3.8) is 0 Å². The molecule has 0 aliphatic heterocycles. The van der Waals surface area contributed by atoms with Gasteiger partial charge in [-0.1, -0.05) is 15.9 Å². The van der Waals surface area contributed by atoms with Crippen LogP contribution in [0.15, 0.2) is 22.7 Å². The summed E-state index contributed by atoms with van der Waals surface area (Å²) in [7, 11) is 0. The Morgan fingerprint density at radius 2 is 2.13 bits per heavy atom. The quantitative estimate of drug-likeness (QED) is 0.802. The maximum atomic E-state index is 10.9. The smallest absolute Gasteiger partial charge is 0.337 e. The molecule has 1 aromatic rings. The van der Waals surface area contributed by atoms with Crippen LogP contribution in [0.25, 0.3) is 0 Å². The number of carboxylic acids is 1. The Balaban J connectivity index is 3.13. The standard InChI is InChI=1S/C10H6BrNO3/c1-2-9(13)12-8-4-3-6(11)5-7(8)10(14)15/h1,3-5H,(H,12,13)(H,14,15). The first-order chi connectivity index (χ1) is 7.04. The second-order valence-electron chi connectivity index (χ2n) is 2.59. The number of benzene rings is 1. The highest BCUT2D eigenvalue weighted by atomic mass is 79.9. The Hall–Kier alpha value is -1.80. The van der Waals surface area contributed by atoms with Crippen molar-refractivity contribution in [3.8, 4) is 12.3 Å². The Morgan fingerprint density at radius 1 is 1.47 bits per heavy atom. The third-order valence-electron chi connectivity index (χ3n) is 1.59. The van der Waals surface area contributed by atoms with Gasteiger partial charge in [-0.05, 0) is 24.1 Å². The number of carbonyl (C=O) groups excluding carboxylic acids is 1. The van der Waals surface area contributed by atoms with E-state index in [1.807, 2.05) is 5.92 Å². The van der Waals surface area contributed by atoms with Crippen LogP contribution in [-0.4, -0.2) is 17.0 Å². The molecule has 1 amide bonds. The molecule has 15 heavy (non-hydrogen) atoms. The lowest BCUT2D eigenvalue weighted by Gasteiger charge is -2.05. The summed E-state index contributed by atoms with van der Waals surface area (Å²) in [6, 6.07) is 4.45. The molecule has 5 heteroatoms. The molecule has 2 N–H and O–H groups in total. The van der Waals surface area contributed by atoms with E-state index in [9.17, 15) is 9.59 Å². The van der Waals surface area contributed by atoms with Crippen molar-refractivity contribution in [1.29, 1.82) is 0 Å². The van der Waals surface area contributed by atoms with Gasteiger partial charge in [0.1, 0.15) is 0 Å². The molecule has 0 saturated carbocycles. The second-order valence-corrected chi connectivity index (χ2v) is 3.51. The van der Waals surface area contributed by atoms with Crippen molar-refractivity contribution in [2.45, 2.75) is 0 Å². The molecule has 0 fully saturated rings. The van der Waals surface area contributed by atoms with Gasteiger partial charge in [0.15, 0.2) is 0 Å². The molecule has 0 radical (unpaired) electrons. The molecular formula is C10H6BrNO3. The monoisotopic (exact) mass is 267 g/mol. The van der Waals surface area contributed by atoms with E-state index >= 15 is 0 Å². The molecule has 0 spiro atoms. The lowest BCUT2D eigenvalue weighted by atomic mass is 10.2. The fourth-order valence-corrected chi connectivity index (χ4v) is 1.32. The van der Waals surface area contributed by atoms with Crippen molar-refractivity contribution in [2.24, 2.45) is 0 Å². The van der Waals surface area contributed by atoms with E-state index < -0.39 is 11.9 Å². The molecule has 1 rings (SSSR count). The molecule has 0 heterocycles. The molecule has 76 valence electrons. The van der Waals surface area contributed by atoms with Gasteiger partial charge in [0.25, 0.3) is 5.91 Å². The van der Waals surface area contributed by atoms with Gasteiger partial charge in [-0.2, -0.15) is 0 Å². The zero-order chi connectivity index (χ0) is 11.4. The molecule has 0 unspecified atom stereocenters.